The summed E-state index contributed by atoms with van der Waals surface area (Å²) in [5, 5.41) is 16.6. The molecule has 0 spiro atoms. The van der Waals surface area contributed by atoms with Gasteiger partial charge in [0.2, 0.25) is 23.6 Å². The number of amides is 4. The molecule has 0 rings (SSSR count). The number of carboxylic acids is 1. The number of unbranched alkanes of at least 4 members (excludes halogenated alkanes) is 1. The maximum atomic E-state index is 12.8. The van der Waals surface area contributed by atoms with Crippen LogP contribution in [0, 0.1) is 5.92 Å². The minimum atomic E-state index is -1.20. The first-order chi connectivity index (χ1) is 14.9. The molecule has 0 aromatic carbocycles. The fraction of sp³-hybridized carbons (Fsp3) is 0.737. The lowest BCUT2D eigenvalue weighted by Crippen LogP contribution is -2.58. The number of rotatable bonds is 16. The van der Waals surface area contributed by atoms with Gasteiger partial charge in [0, 0.05) is 12.2 Å². The average molecular weight is 477 g/mol. The van der Waals surface area contributed by atoms with E-state index < -0.39 is 53.8 Å². The Bertz CT molecular complexity index is 662. The van der Waals surface area contributed by atoms with Gasteiger partial charge >= 0.3 is 5.97 Å². The largest absolute Gasteiger partial charge is 0.480 e. The van der Waals surface area contributed by atoms with Gasteiger partial charge in [0.15, 0.2) is 0 Å². The van der Waals surface area contributed by atoms with E-state index in [0.29, 0.717) is 19.4 Å². The number of nitrogens with two attached hydrogens (primary N) is 3. The topological polar surface area (TPSA) is 220 Å². The van der Waals surface area contributed by atoms with E-state index in [1.165, 1.54) is 0 Å². The van der Waals surface area contributed by atoms with E-state index >= 15 is 0 Å². The molecule has 32 heavy (non-hydrogen) atoms. The molecule has 0 aromatic rings. The predicted molar refractivity (Wildman–Crippen MR) is 121 cm³/mol. The van der Waals surface area contributed by atoms with E-state index in [4.69, 9.17) is 17.2 Å². The third-order valence-corrected chi connectivity index (χ3v) is 5.03. The fourth-order valence-electron chi connectivity index (χ4n) is 2.70. The second kappa shape index (κ2) is 15.4. The third kappa shape index (κ3) is 11.3. The van der Waals surface area contributed by atoms with Crippen LogP contribution >= 0.6 is 12.6 Å². The summed E-state index contributed by atoms with van der Waals surface area (Å²) in [7, 11) is 0. The molecule has 4 atom stereocenters. The lowest BCUT2D eigenvalue weighted by molar-refractivity contribution is -0.143. The number of hydrogen-bond donors (Lipinski definition) is 8. The van der Waals surface area contributed by atoms with Crippen LogP contribution in [0.1, 0.15) is 46.0 Å². The van der Waals surface area contributed by atoms with Crippen molar-refractivity contribution in [3.63, 3.8) is 0 Å². The Morgan fingerprint density at radius 2 is 1.47 bits per heavy atom. The Morgan fingerprint density at radius 1 is 0.906 bits per heavy atom. The van der Waals surface area contributed by atoms with Gasteiger partial charge in [0.25, 0.3) is 0 Å². The number of nitrogens with one attached hydrogen (secondary N) is 3. The lowest BCUT2D eigenvalue weighted by atomic mass is 10.0. The van der Waals surface area contributed by atoms with E-state index in [0.717, 1.165) is 0 Å². The summed E-state index contributed by atoms with van der Waals surface area (Å²) < 4.78 is 0. The molecule has 0 aromatic heterocycles. The number of carboxylic acid groups (broad SMARTS) is 1. The zero-order valence-electron chi connectivity index (χ0n) is 18.5. The molecule has 0 bridgehead atoms. The molecule has 0 aliphatic carbocycles. The smallest absolute Gasteiger partial charge is 0.326 e. The van der Waals surface area contributed by atoms with Crippen LogP contribution in [0.5, 0.6) is 0 Å². The van der Waals surface area contributed by atoms with Crippen molar-refractivity contribution in [1.82, 2.24) is 16.0 Å². The van der Waals surface area contributed by atoms with E-state index in [1.54, 1.807) is 13.8 Å². The van der Waals surface area contributed by atoms with Crippen molar-refractivity contribution < 1.29 is 29.1 Å². The summed E-state index contributed by atoms with van der Waals surface area (Å²) in [6.45, 7) is 3.67. The van der Waals surface area contributed by atoms with Gasteiger partial charge in [0.05, 0.1) is 6.04 Å². The summed E-state index contributed by atoms with van der Waals surface area (Å²) in [6, 6.07) is -4.31. The number of primary amides is 1. The molecular formula is C19H36N6O6S. The number of carbonyl (C=O) groups excluding carboxylic acids is 4. The van der Waals surface area contributed by atoms with Gasteiger partial charge in [0.1, 0.15) is 18.1 Å². The van der Waals surface area contributed by atoms with Gasteiger partial charge in [-0.05, 0) is 38.1 Å². The minimum absolute atomic E-state index is 0.0196. The van der Waals surface area contributed by atoms with Crippen molar-refractivity contribution >= 4 is 42.2 Å². The van der Waals surface area contributed by atoms with Crippen molar-refractivity contribution in [2.75, 3.05) is 12.3 Å². The van der Waals surface area contributed by atoms with Crippen LogP contribution in [0.4, 0.5) is 0 Å². The Morgan fingerprint density at radius 3 is 1.94 bits per heavy atom. The Kier molecular flexibility index (Phi) is 14.3. The molecule has 0 heterocycles. The number of hydrogen-bond acceptors (Lipinski definition) is 8. The molecular weight excluding hydrogens is 440 g/mol. The molecule has 0 saturated carbocycles. The van der Waals surface area contributed by atoms with Crippen molar-refractivity contribution in [3.05, 3.63) is 0 Å². The quantitative estimate of drug-likeness (QED) is 0.0902. The highest BCUT2D eigenvalue weighted by Crippen LogP contribution is 2.06. The van der Waals surface area contributed by atoms with Crippen molar-refractivity contribution in [3.8, 4) is 0 Å². The monoisotopic (exact) mass is 476 g/mol. The Balaban J connectivity index is 5.22. The summed E-state index contributed by atoms with van der Waals surface area (Å²) in [5.74, 6) is -4.27. The van der Waals surface area contributed by atoms with Gasteiger partial charge < -0.3 is 38.3 Å². The summed E-state index contributed by atoms with van der Waals surface area (Å²) in [6.07, 6.45) is 1.31. The maximum Gasteiger partial charge on any atom is 0.326 e. The number of aliphatic carboxylic acids is 1. The van der Waals surface area contributed by atoms with Crippen LogP contribution in [0.15, 0.2) is 0 Å². The van der Waals surface area contributed by atoms with Crippen LogP contribution in [-0.4, -0.2) is 71.2 Å². The molecule has 184 valence electrons. The van der Waals surface area contributed by atoms with E-state index in [2.05, 4.69) is 28.6 Å². The number of thiol groups is 1. The lowest BCUT2D eigenvalue weighted by Gasteiger charge is -2.25. The molecule has 0 radical (unpaired) electrons. The first-order valence-corrected chi connectivity index (χ1v) is 11.1. The molecule has 0 aliphatic rings. The van der Waals surface area contributed by atoms with Crippen LogP contribution < -0.4 is 33.2 Å². The second-order valence-electron chi connectivity index (χ2n) is 7.77. The van der Waals surface area contributed by atoms with Gasteiger partial charge in [-0.15, -0.1) is 0 Å². The number of carbonyl (C=O) groups is 5. The zero-order chi connectivity index (χ0) is 24.8. The van der Waals surface area contributed by atoms with Gasteiger partial charge in [-0.1, -0.05) is 13.8 Å². The Hall–Kier alpha value is -2.38. The van der Waals surface area contributed by atoms with Crippen molar-refractivity contribution in [2.45, 2.75) is 70.1 Å². The molecule has 0 aliphatic heterocycles. The SMILES string of the molecule is CC(C)C(NC(=O)C(CS)NC(=O)C(CCCCN)NC(=O)C(N)CCC(N)=O)C(=O)O. The van der Waals surface area contributed by atoms with Crippen molar-refractivity contribution in [1.29, 1.82) is 0 Å². The minimum Gasteiger partial charge on any atom is -0.480 e. The average Bonchev–Trinajstić information content (AvgIpc) is 2.72. The normalized spacial score (nSPS) is 14.7. The summed E-state index contributed by atoms with van der Waals surface area (Å²) in [4.78, 5) is 59.8. The molecule has 10 N–H and O–H groups in total. The predicted octanol–water partition coefficient (Wildman–Crippen LogP) is -2.17. The van der Waals surface area contributed by atoms with Crippen LogP contribution in [-0.2, 0) is 24.0 Å². The van der Waals surface area contributed by atoms with Crippen LogP contribution in [0.25, 0.3) is 0 Å². The molecule has 0 fully saturated rings. The molecule has 12 nitrogen and oxygen atoms in total. The van der Waals surface area contributed by atoms with Crippen LogP contribution in [0.3, 0.4) is 0 Å². The van der Waals surface area contributed by atoms with Gasteiger partial charge in [-0.3, -0.25) is 19.2 Å². The van der Waals surface area contributed by atoms with Crippen LogP contribution in [0.2, 0.25) is 0 Å². The van der Waals surface area contributed by atoms with E-state index in [9.17, 15) is 29.1 Å². The fourth-order valence-corrected chi connectivity index (χ4v) is 2.96. The molecule has 4 amide bonds. The first kappa shape index (κ1) is 29.6. The summed E-state index contributed by atoms with van der Waals surface area (Å²) in [5.41, 5.74) is 16.3. The second-order valence-corrected chi connectivity index (χ2v) is 8.13. The van der Waals surface area contributed by atoms with E-state index in [1.807, 2.05) is 0 Å². The summed E-state index contributed by atoms with van der Waals surface area (Å²) >= 11 is 4.07. The highest BCUT2D eigenvalue weighted by molar-refractivity contribution is 7.80. The van der Waals surface area contributed by atoms with Gasteiger partial charge in [-0.25, -0.2) is 4.79 Å². The maximum absolute atomic E-state index is 12.8. The van der Waals surface area contributed by atoms with E-state index in [-0.39, 0.29) is 30.9 Å². The highest BCUT2D eigenvalue weighted by Gasteiger charge is 2.30. The highest BCUT2D eigenvalue weighted by atomic mass is 32.1. The third-order valence-electron chi connectivity index (χ3n) is 4.66. The zero-order valence-corrected chi connectivity index (χ0v) is 19.4. The molecule has 0 saturated heterocycles. The molecule has 4 unspecified atom stereocenters. The standard InChI is InChI=1S/C19H36N6O6S/c1-10(2)15(19(30)31)25-18(29)13(9-32)24-17(28)12(5-3-4-8-20)23-16(27)11(21)6-7-14(22)26/h10-13,15,32H,3-9,20-21H2,1-2H3,(H2,22,26)(H,23,27)(H,24,28)(H,25,29)(H,30,31). The first-order valence-electron chi connectivity index (χ1n) is 10.4. The van der Waals surface area contributed by atoms with Crippen molar-refractivity contribution in [2.24, 2.45) is 23.1 Å². The Labute approximate surface area is 193 Å². The molecule has 13 heteroatoms. The van der Waals surface area contributed by atoms with Gasteiger partial charge in [-0.2, -0.15) is 12.6 Å².